The molecular weight excluding hydrogens is 546 g/mol. The van der Waals surface area contributed by atoms with Crippen molar-refractivity contribution in [3.05, 3.63) is 111 Å². The predicted molar refractivity (Wildman–Crippen MR) is 168 cm³/mol. The first-order valence-electron chi connectivity index (χ1n) is 14.1. The van der Waals surface area contributed by atoms with E-state index in [0.29, 0.717) is 30.0 Å². The van der Waals surface area contributed by atoms with Gasteiger partial charge >= 0.3 is 0 Å². The van der Waals surface area contributed by atoms with Crippen LogP contribution in [0.4, 0.5) is 5.82 Å². The minimum atomic E-state index is -0.888. The van der Waals surface area contributed by atoms with Crippen molar-refractivity contribution < 1.29 is 14.7 Å². The van der Waals surface area contributed by atoms with Crippen LogP contribution in [0.25, 0.3) is 0 Å². The minimum absolute atomic E-state index is 0.198. The maximum absolute atomic E-state index is 13.5. The Morgan fingerprint density at radius 2 is 1.74 bits per heavy atom. The Labute approximate surface area is 252 Å². The summed E-state index contributed by atoms with van der Waals surface area (Å²) in [4.78, 5) is 39.0. The molecule has 2 aromatic heterocycles. The van der Waals surface area contributed by atoms with Gasteiger partial charge in [0.15, 0.2) is 0 Å². The Balaban J connectivity index is 1.49. The van der Waals surface area contributed by atoms with Gasteiger partial charge < -0.3 is 20.2 Å². The SMILES string of the molecule is Cc1csc(CN(C)C(=O)c2cccc(C(=O)N[C@@H](Cc3ccccc3)[C@H](O)CN(C)c3cc(C(C)C)ccn3)c2)n1. The number of aryl methyl sites for hydroxylation is 1. The van der Waals surface area contributed by atoms with Gasteiger partial charge in [-0.05, 0) is 60.7 Å². The molecule has 4 aromatic rings. The number of amides is 2. The molecule has 2 atom stereocenters. The van der Waals surface area contributed by atoms with Crippen LogP contribution in [0, 0.1) is 6.92 Å². The lowest BCUT2D eigenvalue weighted by Gasteiger charge is -2.29. The maximum atomic E-state index is 13.5. The third-order valence-corrected chi connectivity index (χ3v) is 8.08. The maximum Gasteiger partial charge on any atom is 0.253 e. The molecule has 0 saturated heterocycles. The highest BCUT2D eigenvalue weighted by Crippen LogP contribution is 2.20. The largest absolute Gasteiger partial charge is 0.389 e. The highest BCUT2D eigenvalue weighted by atomic mass is 32.1. The number of hydrogen-bond donors (Lipinski definition) is 2. The van der Waals surface area contributed by atoms with Crippen molar-refractivity contribution in [1.29, 1.82) is 0 Å². The number of rotatable bonds is 12. The molecule has 220 valence electrons. The Morgan fingerprint density at radius 1 is 1.00 bits per heavy atom. The molecule has 9 heteroatoms. The fourth-order valence-electron chi connectivity index (χ4n) is 4.67. The van der Waals surface area contributed by atoms with Gasteiger partial charge in [-0.3, -0.25) is 9.59 Å². The number of aromatic nitrogens is 2. The highest BCUT2D eigenvalue weighted by Gasteiger charge is 2.25. The van der Waals surface area contributed by atoms with Crippen molar-refractivity contribution in [3.8, 4) is 0 Å². The molecule has 2 heterocycles. The zero-order valence-electron chi connectivity index (χ0n) is 24.8. The molecule has 0 aliphatic rings. The second-order valence-electron chi connectivity index (χ2n) is 10.9. The summed E-state index contributed by atoms with van der Waals surface area (Å²) in [6.07, 6.45) is 1.33. The van der Waals surface area contributed by atoms with E-state index in [4.69, 9.17) is 0 Å². The van der Waals surface area contributed by atoms with Crippen LogP contribution in [-0.2, 0) is 13.0 Å². The van der Waals surface area contributed by atoms with Gasteiger partial charge in [-0.15, -0.1) is 11.3 Å². The van der Waals surface area contributed by atoms with Gasteiger partial charge in [0.1, 0.15) is 10.8 Å². The zero-order chi connectivity index (χ0) is 30.2. The molecule has 8 nitrogen and oxygen atoms in total. The highest BCUT2D eigenvalue weighted by molar-refractivity contribution is 7.09. The second-order valence-corrected chi connectivity index (χ2v) is 11.9. The quantitative estimate of drug-likeness (QED) is 0.241. The molecule has 0 saturated carbocycles. The predicted octanol–water partition coefficient (Wildman–Crippen LogP) is 5.08. The van der Waals surface area contributed by atoms with Crippen LogP contribution in [-0.4, -0.2) is 64.6 Å². The van der Waals surface area contributed by atoms with E-state index in [2.05, 4.69) is 29.1 Å². The van der Waals surface area contributed by atoms with Gasteiger partial charge in [0.05, 0.1) is 18.7 Å². The second kappa shape index (κ2) is 14.2. The van der Waals surface area contributed by atoms with E-state index in [1.54, 1.807) is 42.4 Å². The summed E-state index contributed by atoms with van der Waals surface area (Å²) in [7, 11) is 3.61. The number of nitrogens with zero attached hydrogens (tertiary/aromatic N) is 4. The number of likely N-dealkylation sites (N-methyl/N-ethyl adjacent to an activating group) is 1. The lowest BCUT2D eigenvalue weighted by Crippen LogP contribution is -2.49. The fourth-order valence-corrected chi connectivity index (χ4v) is 5.49. The monoisotopic (exact) mass is 585 g/mol. The lowest BCUT2D eigenvalue weighted by atomic mass is 9.99. The Morgan fingerprint density at radius 3 is 2.43 bits per heavy atom. The van der Waals surface area contributed by atoms with Crippen LogP contribution in [0.3, 0.4) is 0 Å². The number of thiazole rings is 1. The van der Waals surface area contributed by atoms with Gasteiger partial charge in [0.2, 0.25) is 0 Å². The first kappa shape index (κ1) is 30.9. The van der Waals surface area contributed by atoms with Crippen molar-refractivity contribution in [2.45, 2.75) is 51.8 Å². The summed E-state index contributed by atoms with van der Waals surface area (Å²) in [5.74, 6) is 0.559. The molecule has 0 bridgehead atoms. The summed E-state index contributed by atoms with van der Waals surface area (Å²) in [5.41, 5.74) is 3.84. The van der Waals surface area contributed by atoms with Gasteiger partial charge in [0, 0.05) is 49.0 Å². The van der Waals surface area contributed by atoms with Crippen LogP contribution in [0.15, 0.2) is 78.3 Å². The van der Waals surface area contributed by atoms with E-state index in [-0.39, 0.29) is 18.4 Å². The molecule has 0 fully saturated rings. The molecule has 0 spiro atoms. The normalized spacial score (nSPS) is 12.5. The van der Waals surface area contributed by atoms with E-state index in [0.717, 1.165) is 27.6 Å². The van der Waals surface area contributed by atoms with Crippen LogP contribution < -0.4 is 10.2 Å². The fraction of sp³-hybridized carbons (Fsp3) is 0.333. The van der Waals surface area contributed by atoms with Gasteiger partial charge in [-0.1, -0.05) is 50.2 Å². The lowest BCUT2D eigenvalue weighted by molar-refractivity contribution is 0.0785. The Bertz CT molecular complexity index is 1490. The first-order chi connectivity index (χ1) is 20.1. The summed E-state index contributed by atoms with van der Waals surface area (Å²) in [6, 6.07) is 19.9. The molecule has 2 aromatic carbocycles. The molecule has 0 unspecified atom stereocenters. The number of benzene rings is 2. The van der Waals surface area contributed by atoms with Crippen molar-refractivity contribution in [1.82, 2.24) is 20.2 Å². The van der Waals surface area contributed by atoms with Gasteiger partial charge in [-0.25, -0.2) is 9.97 Å². The third kappa shape index (κ3) is 8.24. The topological polar surface area (TPSA) is 98.7 Å². The number of pyridine rings is 1. The number of aliphatic hydroxyl groups excluding tert-OH is 1. The third-order valence-electron chi connectivity index (χ3n) is 7.13. The summed E-state index contributed by atoms with van der Waals surface area (Å²) in [6.45, 7) is 6.84. The first-order valence-corrected chi connectivity index (χ1v) is 14.9. The summed E-state index contributed by atoms with van der Waals surface area (Å²) in [5, 5.41) is 17.2. The number of carbonyl (C=O) groups excluding carboxylic acids is 2. The van der Waals surface area contributed by atoms with Crippen LogP contribution in [0.5, 0.6) is 0 Å². The Kier molecular flexibility index (Phi) is 10.4. The summed E-state index contributed by atoms with van der Waals surface area (Å²) >= 11 is 1.51. The standard InChI is InChI=1S/C33H39N5O3S/c1-22(2)25-14-15-34-30(18-25)37(4)19-29(39)28(16-24-10-7-6-8-11-24)36-32(40)26-12-9-13-27(17-26)33(41)38(5)20-31-35-23(3)21-42-31/h6-15,17-18,21-22,28-29,39H,16,19-20H2,1-5H3,(H,36,40)/t28-,29+/m0/s1. The molecule has 0 aliphatic carbocycles. The number of aliphatic hydroxyl groups is 1. The Hall–Kier alpha value is -4.08. The number of carbonyl (C=O) groups is 2. The van der Waals surface area contributed by atoms with Crippen molar-refractivity contribution in [2.24, 2.45) is 0 Å². The van der Waals surface area contributed by atoms with Gasteiger partial charge in [-0.2, -0.15) is 0 Å². The van der Waals surface area contributed by atoms with Crippen molar-refractivity contribution in [2.75, 3.05) is 25.5 Å². The van der Waals surface area contributed by atoms with Crippen LogP contribution in [0.1, 0.15) is 62.3 Å². The molecular formula is C33H39N5O3S. The van der Waals surface area contributed by atoms with E-state index in [1.165, 1.54) is 11.3 Å². The molecule has 0 radical (unpaired) electrons. The molecule has 4 rings (SSSR count). The number of nitrogens with one attached hydrogen (secondary N) is 1. The zero-order valence-corrected chi connectivity index (χ0v) is 25.6. The van der Waals surface area contributed by atoms with E-state index >= 15 is 0 Å². The summed E-state index contributed by atoms with van der Waals surface area (Å²) < 4.78 is 0. The molecule has 42 heavy (non-hydrogen) atoms. The number of hydrogen-bond acceptors (Lipinski definition) is 7. The number of anilines is 1. The van der Waals surface area contributed by atoms with E-state index in [1.807, 2.05) is 66.7 Å². The van der Waals surface area contributed by atoms with E-state index in [9.17, 15) is 14.7 Å². The van der Waals surface area contributed by atoms with E-state index < -0.39 is 12.1 Å². The smallest absolute Gasteiger partial charge is 0.253 e. The average Bonchev–Trinajstić information content (AvgIpc) is 3.40. The molecule has 2 amide bonds. The van der Waals surface area contributed by atoms with Crippen molar-refractivity contribution >= 4 is 29.0 Å². The van der Waals surface area contributed by atoms with Crippen molar-refractivity contribution in [3.63, 3.8) is 0 Å². The average molecular weight is 586 g/mol. The molecule has 0 aliphatic heterocycles. The van der Waals surface area contributed by atoms with Crippen LogP contribution in [0.2, 0.25) is 0 Å². The van der Waals surface area contributed by atoms with Crippen LogP contribution >= 0.6 is 11.3 Å². The minimum Gasteiger partial charge on any atom is -0.389 e. The molecule has 2 N–H and O–H groups in total. The van der Waals surface area contributed by atoms with Gasteiger partial charge in [0.25, 0.3) is 11.8 Å².